The highest BCUT2D eigenvalue weighted by Crippen LogP contribution is 2.26. The lowest BCUT2D eigenvalue weighted by Gasteiger charge is -2.14. The van der Waals surface area contributed by atoms with Crippen LogP contribution in [0, 0.1) is 11.7 Å². The zero-order valence-electron chi connectivity index (χ0n) is 12.5. The second-order valence-electron chi connectivity index (χ2n) is 5.40. The minimum Gasteiger partial charge on any atom is -0.485 e. The van der Waals surface area contributed by atoms with Crippen molar-refractivity contribution in [3.05, 3.63) is 41.7 Å². The Morgan fingerprint density at radius 3 is 2.76 bits per heavy atom. The third-order valence-corrected chi connectivity index (χ3v) is 3.02. The van der Waals surface area contributed by atoms with Crippen molar-refractivity contribution < 1.29 is 14.2 Å². The maximum absolute atomic E-state index is 13.3. The van der Waals surface area contributed by atoms with Crippen LogP contribution in [0.15, 0.2) is 24.5 Å². The molecule has 0 saturated carbocycles. The van der Waals surface area contributed by atoms with Gasteiger partial charge in [0.15, 0.2) is 5.82 Å². The van der Waals surface area contributed by atoms with Crippen molar-refractivity contribution in [2.75, 3.05) is 0 Å². The number of nitrogens with zero attached hydrogens (tertiary/aromatic N) is 3. The quantitative estimate of drug-likeness (QED) is 0.889. The second-order valence-corrected chi connectivity index (χ2v) is 5.40. The van der Waals surface area contributed by atoms with E-state index in [-0.39, 0.29) is 6.61 Å². The van der Waals surface area contributed by atoms with Gasteiger partial charge in [-0.2, -0.15) is 5.10 Å². The molecule has 0 radical (unpaired) electrons. The molecule has 0 saturated heterocycles. The maximum Gasteiger partial charge on any atom is 0.164 e. The summed E-state index contributed by atoms with van der Waals surface area (Å²) in [5.41, 5.74) is 0.548. The summed E-state index contributed by atoms with van der Waals surface area (Å²) in [5, 5.41) is 13.8. The Labute approximate surface area is 123 Å². The van der Waals surface area contributed by atoms with Crippen LogP contribution >= 0.6 is 0 Å². The first-order chi connectivity index (χ1) is 9.97. The van der Waals surface area contributed by atoms with Crippen molar-refractivity contribution in [3.63, 3.8) is 0 Å². The summed E-state index contributed by atoms with van der Waals surface area (Å²) in [6.45, 7) is 6.71. The van der Waals surface area contributed by atoms with Crippen molar-refractivity contribution in [1.29, 1.82) is 0 Å². The Morgan fingerprint density at radius 1 is 1.33 bits per heavy atom. The standard InChI is InChI=1S/C15H20FN3O2/c1-10(2)7-19-15(17-9-18-19)8-21-14-6-12(16)4-5-13(14)11(3)20/h4-6,9-11,20H,7-8H2,1-3H3/t11-/m0/s1. The van der Waals surface area contributed by atoms with Crippen LogP contribution in [0.4, 0.5) is 4.39 Å². The van der Waals surface area contributed by atoms with Crippen molar-refractivity contribution in [1.82, 2.24) is 14.8 Å². The van der Waals surface area contributed by atoms with Crippen LogP contribution in [0.2, 0.25) is 0 Å². The molecule has 6 heteroatoms. The zero-order chi connectivity index (χ0) is 15.4. The van der Waals surface area contributed by atoms with E-state index >= 15 is 0 Å². The van der Waals surface area contributed by atoms with Gasteiger partial charge in [-0.3, -0.25) is 0 Å². The van der Waals surface area contributed by atoms with Gasteiger partial charge in [-0.05, 0) is 25.0 Å². The predicted octanol–water partition coefficient (Wildman–Crippen LogP) is 2.71. The van der Waals surface area contributed by atoms with E-state index in [2.05, 4.69) is 23.9 Å². The number of rotatable bonds is 6. The number of hydrogen-bond donors (Lipinski definition) is 1. The van der Waals surface area contributed by atoms with Gasteiger partial charge < -0.3 is 9.84 Å². The molecule has 1 aromatic carbocycles. The molecule has 1 atom stereocenters. The van der Waals surface area contributed by atoms with Crippen LogP contribution in [-0.2, 0) is 13.2 Å². The van der Waals surface area contributed by atoms with Gasteiger partial charge in [0, 0.05) is 18.2 Å². The Morgan fingerprint density at radius 2 is 2.10 bits per heavy atom. The van der Waals surface area contributed by atoms with Gasteiger partial charge in [-0.25, -0.2) is 14.1 Å². The van der Waals surface area contributed by atoms with Gasteiger partial charge in [0.1, 0.15) is 24.5 Å². The molecule has 0 bridgehead atoms. The Kier molecular flexibility index (Phi) is 4.90. The molecule has 2 rings (SSSR count). The first-order valence-electron chi connectivity index (χ1n) is 6.94. The molecule has 0 aliphatic rings. The van der Waals surface area contributed by atoms with E-state index < -0.39 is 11.9 Å². The molecule has 1 heterocycles. The third kappa shape index (κ3) is 4.01. The minimum atomic E-state index is -0.728. The van der Waals surface area contributed by atoms with E-state index in [9.17, 15) is 9.50 Å². The summed E-state index contributed by atoms with van der Waals surface area (Å²) in [7, 11) is 0. The summed E-state index contributed by atoms with van der Waals surface area (Å²) in [4.78, 5) is 4.15. The molecule has 0 aliphatic carbocycles. The zero-order valence-corrected chi connectivity index (χ0v) is 12.5. The molecule has 0 unspecified atom stereocenters. The number of halogens is 1. The molecule has 1 N–H and O–H groups in total. The Bertz CT molecular complexity index is 596. The molecule has 2 aromatic rings. The highest BCUT2D eigenvalue weighted by Gasteiger charge is 2.12. The first-order valence-corrected chi connectivity index (χ1v) is 6.94. The van der Waals surface area contributed by atoms with Crippen LogP contribution in [0.5, 0.6) is 5.75 Å². The van der Waals surface area contributed by atoms with Crippen LogP contribution in [-0.4, -0.2) is 19.9 Å². The van der Waals surface area contributed by atoms with E-state index in [0.717, 1.165) is 6.54 Å². The van der Waals surface area contributed by atoms with Crippen molar-refractivity contribution in [2.24, 2.45) is 5.92 Å². The van der Waals surface area contributed by atoms with E-state index in [1.807, 2.05) is 0 Å². The maximum atomic E-state index is 13.3. The lowest BCUT2D eigenvalue weighted by atomic mass is 10.1. The van der Waals surface area contributed by atoms with E-state index in [1.165, 1.54) is 24.5 Å². The number of aliphatic hydroxyl groups excluding tert-OH is 1. The molecule has 0 spiro atoms. The van der Waals surface area contributed by atoms with Crippen LogP contribution in [0.1, 0.15) is 38.3 Å². The first kappa shape index (κ1) is 15.4. The lowest BCUT2D eigenvalue weighted by Crippen LogP contribution is -2.13. The van der Waals surface area contributed by atoms with Gasteiger partial charge in [0.25, 0.3) is 0 Å². The van der Waals surface area contributed by atoms with Gasteiger partial charge >= 0.3 is 0 Å². The summed E-state index contributed by atoms with van der Waals surface area (Å²) in [5.74, 6) is 1.03. The summed E-state index contributed by atoms with van der Waals surface area (Å²) >= 11 is 0. The smallest absolute Gasteiger partial charge is 0.164 e. The predicted molar refractivity (Wildman–Crippen MR) is 76.2 cm³/mol. The van der Waals surface area contributed by atoms with Crippen molar-refractivity contribution in [2.45, 2.75) is 40.0 Å². The van der Waals surface area contributed by atoms with E-state index in [0.29, 0.717) is 23.1 Å². The molecule has 1 aromatic heterocycles. The average molecular weight is 293 g/mol. The van der Waals surface area contributed by atoms with Gasteiger partial charge in [-0.1, -0.05) is 13.8 Å². The lowest BCUT2D eigenvalue weighted by molar-refractivity contribution is 0.188. The average Bonchev–Trinajstić information content (AvgIpc) is 2.82. The number of benzene rings is 1. The minimum absolute atomic E-state index is 0.176. The fourth-order valence-electron chi connectivity index (χ4n) is 2.02. The number of hydrogen-bond acceptors (Lipinski definition) is 4. The monoisotopic (exact) mass is 293 g/mol. The van der Waals surface area contributed by atoms with Crippen molar-refractivity contribution >= 4 is 0 Å². The number of aromatic nitrogens is 3. The van der Waals surface area contributed by atoms with E-state index in [4.69, 9.17) is 4.74 Å². The summed E-state index contributed by atoms with van der Waals surface area (Å²) in [6, 6.07) is 4.09. The molecule has 114 valence electrons. The molecule has 21 heavy (non-hydrogen) atoms. The fourth-order valence-corrected chi connectivity index (χ4v) is 2.02. The van der Waals surface area contributed by atoms with Crippen molar-refractivity contribution in [3.8, 4) is 5.75 Å². The fraction of sp³-hybridized carbons (Fsp3) is 0.467. The van der Waals surface area contributed by atoms with Crippen LogP contribution < -0.4 is 4.74 Å². The Hall–Kier alpha value is -1.95. The highest BCUT2D eigenvalue weighted by molar-refractivity contribution is 5.35. The van der Waals surface area contributed by atoms with Gasteiger partial charge in [0.05, 0.1) is 6.10 Å². The van der Waals surface area contributed by atoms with E-state index in [1.54, 1.807) is 11.6 Å². The largest absolute Gasteiger partial charge is 0.485 e. The molecular formula is C15H20FN3O2. The van der Waals surface area contributed by atoms with Gasteiger partial charge in [-0.15, -0.1) is 0 Å². The molecule has 0 fully saturated rings. The molecule has 0 aliphatic heterocycles. The summed E-state index contributed by atoms with van der Waals surface area (Å²) < 4.78 is 20.7. The second kappa shape index (κ2) is 6.67. The SMILES string of the molecule is CC(C)Cn1ncnc1COc1cc(F)ccc1[C@H](C)O. The molecule has 5 nitrogen and oxygen atoms in total. The third-order valence-electron chi connectivity index (χ3n) is 3.02. The van der Waals surface area contributed by atoms with Gasteiger partial charge in [0.2, 0.25) is 0 Å². The Balaban J connectivity index is 2.13. The number of ether oxygens (including phenoxy) is 1. The molecular weight excluding hydrogens is 273 g/mol. The topological polar surface area (TPSA) is 60.2 Å². The summed E-state index contributed by atoms with van der Waals surface area (Å²) in [6.07, 6.45) is 0.747. The number of aliphatic hydroxyl groups is 1. The normalized spacial score (nSPS) is 12.7. The van der Waals surface area contributed by atoms with Crippen LogP contribution in [0.3, 0.4) is 0 Å². The highest BCUT2D eigenvalue weighted by atomic mass is 19.1. The van der Waals surface area contributed by atoms with Crippen LogP contribution in [0.25, 0.3) is 0 Å². The molecule has 0 amide bonds.